The van der Waals surface area contributed by atoms with Gasteiger partial charge >= 0.3 is 0 Å². The van der Waals surface area contributed by atoms with Crippen LogP contribution in [0.4, 0.5) is 0 Å². The third-order valence-corrected chi connectivity index (χ3v) is 1.40. The zero-order valence-corrected chi connectivity index (χ0v) is 6.51. The van der Waals surface area contributed by atoms with Crippen molar-refractivity contribution in [2.75, 3.05) is 0 Å². The van der Waals surface area contributed by atoms with E-state index in [1.165, 1.54) is 12.1 Å². The minimum Gasteiger partial charge on any atom is -0.317 e. The number of rotatable bonds is 1. The Morgan fingerprint density at radius 1 is 1.50 bits per heavy atom. The molecule has 10 heavy (non-hydrogen) atoms. The fourth-order valence-corrected chi connectivity index (χ4v) is 1.06. The molecule has 1 aromatic rings. The minimum atomic E-state index is -0.281. The average Bonchev–Trinajstić information content (AvgIpc) is 1.85. The first-order valence-electron chi connectivity index (χ1n) is 2.57. The molecular weight excluding hydrogens is 198 g/mol. The molecule has 1 heterocycles. The number of halogens is 1. The van der Waals surface area contributed by atoms with Crippen molar-refractivity contribution in [1.82, 2.24) is 4.98 Å². The smallest absolute Gasteiger partial charge is 0.249 e. The third kappa shape index (κ3) is 1.54. The predicted octanol–water partition coefficient (Wildman–Crippen LogP) is 0.950. The van der Waals surface area contributed by atoms with Gasteiger partial charge in [-0.05, 0) is 22.0 Å². The number of carbonyl (C=O) groups is 1. The maximum Gasteiger partial charge on any atom is 0.249 e. The van der Waals surface area contributed by atoms with Crippen LogP contribution in [0.2, 0.25) is 0 Å². The van der Waals surface area contributed by atoms with Crippen molar-refractivity contribution in [3.05, 3.63) is 32.7 Å². The van der Waals surface area contributed by atoms with Gasteiger partial charge in [0.2, 0.25) is 5.56 Å². The number of hydrogen-bond donors (Lipinski definition) is 1. The molecule has 0 aliphatic heterocycles. The molecule has 0 amide bonds. The number of aromatic nitrogens is 1. The van der Waals surface area contributed by atoms with E-state index in [4.69, 9.17) is 0 Å². The van der Waals surface area contributed by atoms with Gasteiger partial charge in [0.25, 0.3) is 0 Å². The van der Waals surface area contributed by atoms with Gasteiger partial charge in [0, 0.05) is 11.6 Å². The number of carbonyl (C=O) groups excluding carboxylic acids is 1. The van der Waals surface area contributed by atoms with Gasteiger partial charge in [-0.25, -0.2) is 0 Å². The Morgan fingerprint density at radius 2 is 2.20 bits per heavy atom. The molecule has 1 aromatic heterocycles. The zero-order chi connectivity index (χ0) is 7.56. The fraction of sp³-hybridized carbons (Fsp3) is 0. The largest absolute Gasteiger partial charge is 0.317 e. The maximum atomic E-state index is 10.6. The van der Waals surface area contributed by atoms with Gasteiger partial charge in [-0.15, -0.1) is 0 Å². The summed E-state index contributed by atoms with van der Waals surface area (Å²) in [6.45, 7) is 0. The van der Waals surface area contributed by atoms with Crippen LogP contribution in [0.3, 0.4) is 0 Å². The summed E-state index contributed by atoms with van der Waals surface area (Å²) in [7, 11) is 0. The molecule has 0 aliphatic carbocycles. The van der Waals surface area contributed by atoms with Gasteiger partial charge in [-0.3, -0.25) is 9.59 Å². The minimum absolute atomic E-state index is 0.281. The van der Waals surface area contributed by atoms with Gasteiger partial charge in [0.1, 0.15) is 6.29 Å². The van der Waals surface area contributed by atoms with Crippen molar-refractivity contribution in [2.45, 2.75) is 0 Å². The molecule has 0 saturated carbocycles. The van der Waals surface area contributed by atoms with Gasteiger partial charge in [0.05, 0.1) is 4.60 Å². The number of aldehydes is 1. The van der Waals surface area contributed by atoms with Crippen molar-refractivity contribution < 1.29 is 4.79 Å². The SMILES string of the molecule is O=Cc1cc(Br)[nH]c(=O)c1. The molecule has 0 fully saturated rings. The first-order chi connectivity index (χ1) is 4.72. The van der Waals surface area contributed by atoms with Gasteiger partial charge in [0.15, 0.2) is 0 Å². The van der Waals surface area contributed by atoms with Crippen LogP contribution in [-0.4, -0.2) is 11.3 Å². The molecule has 1 N–H and O–H groups in total. The van der Waals surface area contributed by atoms with E-state index in [0.717, 1.165) is 0 Å². The number of hydrogen-bond acceptors (Lipinski definition) is 2. The molecule has 0 bridgehead atoms. The molecule has 52 valence electrons. The summed E-state index contributed by atoms with van der Waals surface area (Å²) in [5, 5.41) is 0. The Labute approximate surface area is 65.2 Å². The Hall–Kier alpha value is -0.900. The fourth-order valence-electron chi connectivity index (χ4n) is 0.597. The topological polar surface area (TPSA) is 49.9 Å². The van der Waals surface area contributed by atoms with Gasteiger partial charge in [-0.2, -0.15) is 0 Å². The van der Waals surface area contributed by atoms with Gasteiger partial charge < -0.3 is 4.98 Å². The van der Waals surface area contributed by atoms with Crippen LogP contribution in [0.5, 0.6) is 0 Å². The lowest BCUT2D eigenvalue weighted by atomic mass is 10.3. The predicted molar refractivity (Wildman–Crippen MR) is 40.2 cm³/mol. The lowest BCUT2D eigenvalue weighted by Crippen LogP contribution is -2.04. The van der Waals surface area contributed by atoms with E-state index in [9.17, 15) is 9.59 Å². The quantitative estimate of drug-likeness (QED) is 0.544. The second-order valence-electron chi connectivity index (χ2n) is 1.74. The Kier molecular flexibility index (Phi) is 2.01. The molecule has 0 saturated heterocycles. The standard InChI is InChI=1S/C6H4BrNO2/c7-5-1-4(3-9)2-6(10)8-5/h1-3H,(H,8,10). The average molecular weight is 202 g/mol. The number of H-pyrrole nitrogens is 1. The van der Waals surface area contributed by atoms with E-state index in [-0.39, 0.29) is 5.56 Å². The van der Waals surface area contributed by atoms with E-state index < -0.39 is 0 Å². The summed E-state index contributed by atoms with van der Waals surface area (Å²) in [6.07, 6.45) is 0.625. The molecule has 3 nitrogen and oxygen atoms in total. The van der Waals surface area contributed by atoms with Crippen molar-refractivity contribution in [2.24, 2.45) is 0 Å². The molecule has 0 radical (unpaired) electrons. The Morgan fingerprint density at radius 3 is 2.70 bits per heavy atom. The van der Waals surface area contributed by atoms with E-state index in [1.54, 1.807) is 0 Å². The van der Waals surface area contributed by atoms with Crippen LogP contribution >= 0.6 is 15.9 Å². The highest BCUT2D eigenvalue weighted by molar-refractivity contribution is 9.10. The highest BCUT2D eigenvalue weighted by Crippen LogP contribution is 2.02. The molecule has 0 spiro atoms. The third-order valence-electron chi connectivity index (χ3n) is 0.970. The lowest BCUT2D eigenvalue weighted by Gasteiger charge is -1.89. The van der Waals surface area contributed by atoms with E-state index in [2.05, 4.69) is 20.9 Å². The number of nitrogens with one attached hydrogen (secondary N) is 1. The number of pyridine rings is 1. The van der Waals surface area contributed by atoms with Crippen LogP contribution in [0.1, 0.15) is 10.4 Å². The zero-order valence-electron chi connectivity index (χ0n) is 4.93. The van der Waals surface area contributed by atoms with Crippen molar-refractivity contribution in [3.8, 4) is 0 Å². The first-order valence-corrected chi connectivity index (χ1v) is 3.37. The molecule has 4 heteroatoms. The lowest BCUT2D eigenvalue weighted by molar-refractivity contribution is 0.112. The van der Waals surface area contributed by atoms with E-state index in [0.29, 0.717) is 16.5 Å². The second-order valence-corrected chi connectivity index (χ2v) is 2.60. The summed E-state index contributed by atoms with van der Waals surface area (Å²) < 4.78 is 0.516. The summed E-state index contributed by atoms with van der Waals surface area (Å²) in [5.74, 6) is 0. The molecule has 0 aromatic carbocycles. The molecular formula is C6H4BrNO2. The second kappa shape index (κ2) is 2.79. The molecule has 1 rings (SSSR count). The van der Waals surface area contributed by atoms with Crippen LogP contribution in [0, 0.1) is 0 Å². The molecule has 0 atom stereocenters. The molecule has 0 aliphatic rings. The van der Waals surface area contributed by atoms with E-state index in [1.807, 2.05) is 0 Å². The van der Waals surface area contributed by atoms with Crippen LogP contribution in [-0.2, 0) is 0 Å². The monoisotopic (exact) mass is 201 g/mol. The summed E-state index contributed by atoms with van der Waals surface area (Å²) in [4.78, 5) is 23.2. The highest BCUT2D eigenvalue weighted by Gasteiger charge is 1.92. The first kappa shape index (κ1) is 7.21. The summed E-state index contributed by atoms with van der Waals surface area (Å²) in [6, 6.07) is 2.77. The normalized spacial score (nSPS) is 9.30. The molecule has 0 unspecified atom stereocenters. The highest BCUT2D eigenvalue weighted by atomic mass is 79.9. The van der Waals surface area contributed by atoms with Crippen LogP contribution in [0.25, 0.3) is 0 Å². The Bertz CT molecular complexity index is 305. The van der Waals surface area contributed by atoms with Crippen LogP contribution in [0.15, 0.2) is 21.5 Å². The van der Waals surface area contributed by atoms with Gasteiger partial charge in [-0.1, -0.05) is 0 Å². The van der Waals surface area contributed by atoms with Crippen molar-refractivity contribution in [3.63, 3.8) is 0 Å². The number of aromatic amines is 1. The Balaban J connectivity index is 3.32. The van der Waals surface area contributed by atoms with Crippen LogP contribution < -0.4 is 5.56 Å². The maximum absolute atomic E-state index is 10.6. The van der Waals surface area contributed by atoms with E-state index >= 15 is 0 Å². The summed E-state index contributed by atoms with van der Waals surface area (Å²) >= 11 is 3.04. The van der Waals surface area contributed by atoms with Crippen molar-refractivity contribution in [1.29, 1.82) is 0 Å². The van der Waals surface area contributed by atoms with Crippen molar-refractivity contribution >= 4 is 22.2 Å². The summed E-state index contributed by atoms with van der Waals surface area (Å²) in [5.41, 5.74) is 0.0899.